The molecule has 3 aromatic carbocycles. The molecule has 0 aromatic heterocycles. The highest BCUT2D eigenvalue weighted by atomic mass is 35.5. The van der Waals surface area contributed by atoms with E-state index in [0.29, 0.717) is 16.1 Å². The van der Waals surface area contributed by atoms with Crippen molar-refractivity contribution < 1.29 is 4.79 Å². The first-order chi connectivity index (χ1) is 10.6. The molecule has 0 N–H and O–H groups in total. The van der Waals surface area contributed by atoms with Gasteiger partial charge < -0.3 is 0 Å². The lowest BCUT2D eigenvalue weighted by Gasteiger charge is -2.07. The smallest absolute Gasteiger partial charge is 0.193 e. The van der Waals surface area contributed by atoms with Gasteiger partial charge in [0.15, 0.2) is 5.78 Å². The van der Waals surface area contributed by atoms with Gasteiger partial charge in [0.1, 0.15) is 0 Å². The van der Waals surface area contributed by atoms with Crippen molar-refractivity contribution in [2.24, 2.45) is 0 Å². The average molecular weight is 307 g/mol. The minimum absolute atomic E-state index is 0.000360. The van der Waals surface area contributed by atoms with Crippen LogP contribution in [0, 0.1) is 6.92 Å². The largest absolute Gasteiger partial charge is 0.289 e. The maximum Gasteiger partial charge on any atom is 0.193 e. The van der Waals surface area contributed by atoms with Crippen molar-refractivity contribution in [2.75, 3.05) is 0 Å². The van der Waals surface area contributed by atoms with E-state index in [0.717, 1.165) is 16.7 Å². The lowest BCUT2D eigenvalue weighted by molar-refractivity contribution is 0.103. The molecule has 0 spiro atoms. The van der Waals surface area contributed by atoms with Gasteiger partial charge in [-0.1, -0.05) is 72.3 Å². The molecule has 3 aromatic rings. The second-order valence-electron chi connectivity index (χ2n) is 5.23. The predicted molar refractivity (Wildman–Crippen MR) is 91.5 cm³/mol. The van der Waals surface area contributed by atoms with Gasteiger partial charge in [-0.25, -0.2) is 0 Å². The summed E-state index contributed by atoms with van der Waals surface area (Å²) in [5.74, 6) is -0.000360. The first-order valence-electron chi connectivity index (χ1n) is 7.11. The number of hydrogen-bond acceptors (Lipinski definition) is 1. The Kier molecular flexibility index (Phi) is 4.08. The summed E-state index contributed by atoms with van der Waals surface area (Å²) in [5, 5.41) is 0.579. The molecule has 0 saturated carbocycles. The number of rotatable bonds is 3. The summed E-state index contributed by atoms with van der Waals surface area (Å²) in [6.07, 6.45) is 0. The molecular weight excluding hydrogens is 292 g/mol. The van der Waals surface area contributed by atoms with E-state index in [4.69, 9.17) is 11.6 Å². The zero-order chi connectivity index (χ0) is 15.5. The van der Waals surface area contributed by atoms with E-state index >= 15 is 0 Å². The number of carbonyl (C=O) groups is 1. The summed E-state index contributed by atoms with van der Waals surface area (Å²) >= 11 is 6.00. The minimum atomic E-state index is -0.000360. The van der Waals surface area contributed by atoms with E-state index in [1.165, 1.54) is 0 Å². The van der Waals surface area contributed by atoms with Crippen LogP contribution in [0.4, 0.5) is 0 Å². The number of hydrogen-bond donors (Lipinski definition) is 0. The third-order valence-electron chi connectivity index (χ3n) is 3.70. The van der Waals surface area contributed by atoms with Gasteiger partial charge in [-0.15, -0.1) is 0 Å². The van der Waals surface area contributed by atoms with Crippen LogP contribution in [0.2, 0.25) is 5.02 Å². The van der Waals surface area contributed by atoms with Gasteiger partial charge in [-0.3, -0.25) is 4.79 Å². The Morgan fingerprint density at radius 3 is 2.14 bits per heavy atom. The van der Waals surface area contributed by atoms with Gasteiger partial charge in [-0.2, -0.15) is 0 Å². The molecule has 0 aliphatic heterocycles. The van der Waals surface area contributed by atoms with Gasteiger partial charge in [0.25, 0.3) is 0 Å². The second-order valence-corrected chi connectivity index (χ2v) is 5.67. The third kappa shape index (κ3) is 2.95. The Hall–Kier alpha value is -2.38. The molecule has 0 aliphatic rings. The van der Waals surface area contributed by atoms with E-state index in [1.54, 1.807) is 12.1 Å². The molecule has 0 amide bonds. The molecule has 0 atom stereocenters. The van der Waals surface area contributed by atoms with E-state index < -0.39 is 0 Å². The van der Waals surface area contributed by atoms with Crippen LogP contribution in [0.3, 0.4) is 0 Å². The van der Waals surface area contributed by atoms with Gasteiger partial charge in [0.05, 0.1) is 0 Å². The molecule has 1 nitrogen and oxygen atoms in total. The summed E-state index contributed by atoms with van der Waals surface area (Å²) in [6, 6.07) is 23.2. The van der Waals surface area contributed by atoms with E-state index in [2.05, 4.69) is 12.1 Å². The molecule has 0 heterocycles. The van der Waals surface area contributed by atoms with Crippen LogP contribution in [-0.2, 0) is 0 Å². The van der Waals surface area contributed by atoms with Crippen molar-refractivity contribution in [1.29, 1.82) is 0 Å². The first kappa shape index (κ1) is 14.6. The van der Waals surface area contributed by atoms with Crippen molar-refractivity contribution >= 4 is 17.4 Å². The number of aryl methyl sites for hydroxylation is 1. The molecule has 0 bridgehead atoms. The molecular formula is C20H15ClO. The van der Waals surface area contributed by atoms with Gasteiger partial charge in [-0.05, 0) is 35.7 Å². The minimum Gasteiger partial charge on any atom is -0.289 e. The van der Waals surface area contributed by atoms with Crippen molar-refractivity contribution in [1.82, 2.24) is 0 Å². The monoisotopic (exact) mass is 306 g/mol. The fourth-order valence-electron chi connectivity index (χ4n) is 2.44. The summed E-state index contributed by atoms with van der Waals surface area (Å²) in [4.78, 5) is 12.6. The molecule has 0 radical (unpaired) electrons. The summed E-state index contributed by atoms with van der Waals surface area (Å²) in [7, 11) is 0. The Morgan fingerprint density at radius 2 is 1.45 bits per heavy atom. The van der Waals surface area contributed by atoms with Crippen LogP contribution >= 0.6 is 11.6 Å². The molecule has 0 aliphatic carbocycles. The van der Waals surface area contributed by atoms with Gasteiger partial charge in [0, 0.05) is 16.1 Å². The Labute approximate surface area is 135 Å². The zero-order valence-corrected chi connectivity index (χ0v) is 13.0. The average Bonchev–Trinajstić information content (AvgIpc) is 2.57. The number of carbonyl (C=O) groups excluding carboxylic acids is 1. The lowest BCUT2D eigenvalue weighted by atomic mass is 9.97. The van der Waals surface area contributed by atoms with Crippen LogP contribution in [0.5, 0.6) is 0 Å². The van der Waals surface area contributed by atoms with Crippen molar-refractivity contribution in [3.8, 4) is 11.1 Å². The van der Waals surface area contributed by atoms with Crippen LogP contribution in [-0.4, -0.2) is 5.78 Å². The Morgan fingerprint density at radius 1 is 0.818 bits per heavy atom. The highest BCUT2D eigenvalue weighted by Gasteiger charge is 2.12. The predicted octanol–water partition coefficient (Wildman–Crippen LogP) is 5.55. The quantitative estimate of drug-likeness (QED) is 0.580. The Bertz CT molecular complexity index is 805. The number of benzene rings is 3. The van der Waals surface area contributed by atoms with Crippen molar-refractivity contribution in [3.05, 3.63) is 94.5 Å². The second kappa shape index (κ2) is 6.17. The van der Waals surface area contributed by atoms with Crippen LogP contribution in [0.1, 0.15) is 21.5 Å². The van der Waals surface area contributed by atoms with E-state index in [1.807, 2.05) is 55.5 Å². The van der Waals surface area contributed by atoms with Gasteiger partial charge >= 0.3 is 0 Å². The summed E-state index contributed by atoms with van der Waals surface area (Å²) < 4.78 is 0. The maximum absolute atomic E-state index is 12.6. The van der Waals surface area contributed by atoms with Crippen LogP contribution < -0.4 is 0 Å². The van der Waals surface area contributed by atoms with Crippen molar-refractivity contribution in [2.45, 2.75) is 6.92 Å². The third-order valence-corrected chi connectivity index (χ3v) is 3.93. The normalized spacial score (nSPS) is 10.5. The molecule has 22 heavy (non-hydrogen) atoms. The SMILES string of the molecule is Cc1ccc(Cl)cc1C(=O)c1ccc(-c2ccccc2)cc1. The van der Waals surface area contributed by atoms with Gasteiger partial charge in [0.2, 0.25) is 0 Å². The van der Waals surface area contributed by atoms with Crippen molar-refractivity contribution in [3.63, 3.8) is 0 Å². The number of ketones is 1. The molecule has 0 unspecified atom stereocenters. The zero-order valence-electron chi connectivity index (χ0n) is 12.2. The molecule has 3 rings (SSSR count). The van der Waals surface area contributed by atoms with E-state index in [9.17, 15) is 4.79 Å². The number of halogens is 1. The summed E-state index contributed by atoms with van der Waals surface area (Å²) in [5.41, 5.74) is 4.49. The lowest BCUT2D eigenvalue weighted by Crippen LogP contribution is -2.03. The molecule has 2 heteroatoms. The topological polar surface area (TPSA) is 17.1 Å². The molecule has 0 saturated heterocycles. The fraction of sp³-hybridized carbons (Fsp3) is 0.0500. The summed E-state index contributed by atoms with van der Waals surface area (Å²) in [6.45, 7) is 1.92. The molecule has 0 fully saturated rings. The molecule has 108 valence electrons. The highest BCUT2D eigenvalue weighted by molar-refractivity contribution is 6.31. The van der Waals surface area contributed by atoms with Crippen LogP contribution in [0.15, 0.2) is 72.8 Å². The Balaban J connectivity index is 1.93. The van der Waals surface area contributed by atoms with Crippen LogP contribution in [0.25, 0.3) is 11.1 Å². The fourth-order valence-corrected chi connectivity index (χ4v) is 2.61. The highest BCUT2D eigenvalue weighted by Crippen LogP contribution is 2.22. The standard InChI is InChI=1S/C20H15ClO/c1-14-7-12-18(21)13-19(14)20(22)17-10-8-16(9-11-17)15-5-3-2-4-6-15/h2-13H,1H3. The maximum atomic E-state index is 12.6. The first-order valence-corrected chi connectivity index (χ1v) is 7.49. The van der Waals surface area contributed by atoms with E-state index in [-0.39, 0.29) is 5.78 Å².